The van der Waals surface area contributed by atoms with Crippen molar-refractivity contribution in [1.29, 1.82) is 0 Å². The summed E-state index contributed by atoms with van der Waals surface area (Å²) in [5.41, 5.74) is 7.07. The number of aliphatic hydroxyl groups is 1. The Balaban J connectivity index is 2.00. The van der Waals surface area contributed by atoms with Gasteiger partial charge in [-0.2, -0.15) is 0 Å². The molecular formula is C13H19FN2O2. The molecular weight excluding hydrogens is 235 g/mol. The number of hydrogen-bond donors (Lipinski definition) is 2. The molecule has 1 aromatic rings. The summed E-state index contributed by atoms with van der Waals surface area (Å²) in [4.78, 5) is 2.19. The van der Waals surface area contributed by atoms with Crippen LogP contribution in [0.2, 0.25) is 0 Å². The van der Waals surface area contributed by atoms with Crippen molar-refractivity contribution in [3.8, 4) is 0 Å². The second kappa shape index (κ2) is 6.24. The van der Waals surface area contributed by atoms with Gasteiger partial charge in [0.1, 0.15) is 5.82 Å². The van der Waals surface area contributed by atoms with Crippen LogP contribution in [0.25, 0.3) is 0 Å². The zero-order chi connectivity index (χ0) is 13.0. The number of aliphatic hydroxyl groups excluding tert-OH is 1. The van der Waals surface area contributed by atoms with Crippen molar-refractivity contribution in [3.05, 3.63) is 35.1 Å². The van der Waals surface area contributed by atoms with E-state index in [4.69, 9.17) is 15.6 Å². The molecule has 0 amide bonds. The number of hydrogen-bond acceptors (Lipinski definition) is 4. The molecule has 1 fully saturated rings. The van der Waals surface area contributed by atoms with Crippen LogP contribution in [-0.2, 0) is 17.8 Å². The van der Waals surface area contributed by atoms with Crippen LogP contribution >= 0.6 is 0 Å². The van der Waals surface area contributed by atoms with Gasteiger partial charge in [0.05, 0.1) is 19.3 Å². The van der Waals surface area contributed by atoms with Crippen molar-refractivity contribution in [2.45, 2.75) is 19.2 Å². The van der Waals surface area contributed by atoms with E-state index in [2.05, 4.69) is 4.90 Å². The molecule has 1 aromatic carbocycles. The maximum atomic E-state index is 13.3. The first kappa shape index (κ1) is 13.4. The van der Waals surface area contributed by atoms with Gasteiger partial charge in [-0.1, -0.05) is 12.1 Å². The van der Waals surface area contributed by atoms with Crippen molar-refractivity contribution in [2.75, 3.05) is 26.3 Å². The van der Waals surface area contributed by atoms with Gasteiger partial charge in [0, 0.05) is 31.7 Å². The van der Waals surface area contributed by atoms with Crippen molar-refractivity contribution in [1.82, 2.24) is 4.90 Å². The predicted molar refractivity (Wildman–Crippen MR) is 66.4 cm³/mol. The summed E-state index contributed by atoms with van der Waals surface area (Å²) in [5.74, 6) is -0.253. The normalized spacial score (nSPS) is 21.2. The molecule has 4 nitrogen and oxygen atoms in total. The predicted octanol–water partition coefficient (Wildman–Crippen LogP) is 0.478. The number of benzene rings is 1. The van der Waals surface area contributed by atoms with Crippen LogP contribution in [0.5, 0.6) is 0 Å². The summed E-state index contributed by atoms with van der Waals surface area (Å²) in [7, 11) is 0. The molecule has 0 bridgehead atoms. The zero-order valence-corrected chi connectivity index (χ0v) is 10.3. The highest BCUT2D eigenvalue weighted by atomic mass is 19.1. The number of ether oxygens (including phenoxy) is 1. The van der Waals surface area contributed by atoms with Crippen molar-refractivity contribution < 1.29 is 14.2 Å². The van der Waals surface area contributed by atoms with E-state index in [1.165, 1.54) is 6.07 Å². The Morgan fingerprint density at radius 3 is 3.06 bits per heavy atom. The molecule has 1 aliphatic rings. The summed E-state index contributed by atoms with van der Waals surface area (Å²) in [6, 6.07) is 5.04. The van der Waals surface area contributed by atoms with E-state index < -0.39 is 0 Å². The van der Waals surface area contributed by atoms with E-state index in [1.54, 1.807) is 12.1 Å². The summed E-state index contributed by atoms with van der Waals surface area (Å²) in [5, 5.41) is 9.08. The third-order valence-electron chi connectivity index (χ3n) is 3.16. The van der Waals surface area contributed by atoms with Gasteiger partial charge in [0.15, 0.2) is 0 Å². The van der Waals surface area contributed by atoms with Crippen LogP contribution in [0.4, 0.5) is 4.39 Å². The van der Waals surface area contributed by atoms with Gasteiger partial charge in [-0.3, -0.25) is 4.90 Å². The molecule has 100 valence electrons. The molecule has 0 spiro atoms. The van der Waals surface area contributed by atoms with Gasteiger partial charge >= 0.3 is 0 Å². The summed E-state index contributed by atoms with van der Waals surface area (Å²) < 4.78 is 18.7. The minimum absolute atomic E-state index is 0.0357. The van der Waals surface area contributed by atoms with Crippen LogP contribution in [0.15, 0.2) is 18.2 Å². The molecule has 1 aliphatic heterocycles. The van der Waals surface area contributed by atoms with E-state index in [0.717, 1.165) is 18.7 Å². The minimum Gasteiger partial charge on any atom is -0.394 e. The lowest BCUT2D eigenvalue weighted by Crippen LogP contribution is -2.43. The van der Waals surface area contributed by atoms with Crippen molar-refractivity contribution in [3.63, 3.8) is 0 Å². The van der Waals surface area contributed by atoms with E-state index in [9.17, 15) is 4.39 Å². The topological polar surface area (TPSA) is 58.7 Å². The lowest BCUT2D eigenvalue weighted by atomic mass is 10.1. The Morgan fingerprint density at radius 2 is 2.33 bits per heavy atom. The fourth-order valence-corrected chi connectivity index (χ4v) is 2.18. The van der Waals surface area contributed by atoms with Crippen LogP contribution in [0.3, 0.4) is 0 Å². The Bertz CT molecular complexity index is 401. The van der Waals surface area contributed by atoms with Crippen LogP contribution < -0.4 is 5.73 Å². The van der Waals surface area contributed by atoms with Gasteiger partial charge in [-0.15, -0.1) is 0 Å². The van der Waals surface area contributed by atoms with Gasteiger partial charge in [-0.05, 0) is 11.6 Å². The second-order valence-electron chi connectivity index (χ2n) is 4.54. The summed E-state index contributed by atoms with van der Waals surface area (Å²) in [6.45, 7) is 3.12. The van der Waals surface area contributed by atoms with Gasteiger partial charge in [0.2, 0.25) is 0 Å². The average Bonchev–Trinajstić information content (AvgIpc) is 2.41. The maximum Gasteiger partial charge on any atom is 0.127 e. The molecule has 5 heteroatoms. The molecule has 0 aromatic heterocycles. The third-order valence-corrected chi connectivity index (χ3v) is 3.16. The number of nitrogens with two attached hydrogens (primary N) is 1. The Labute approximate surface area is 106 Å². The van der Waals surface area contributed by atoms with Crippen LogP contribution in [0.1, 0.15) is 11.1 Å². The molecule has 1 atom stereocenters. The fourth-order valence-electron chi connectivity index (χ4n) is 2.18. The SMILES string of the molecule is NCc1cc(CN2CCOC(CO)C2)ccc1F. The van der Waals surface area contributed by atoms with E-state index in [0.29, 0.717) is 18.7 Å². The van der Waals surface area contributed by atoms with Crippen LogP contribution in [0, 0.1) is 5.82 Å². The quantitative estimate of drug-likeness (QED) is 0.820. The lowest BCUT2D eigenvalue weighted by Gasteiger charge is -2.32. The van der Waals surface area contributed by atoms with Crippen LogP contribution in [-0.4, -0.2) is 42.4 Å². The standard InChI is InChI=1S/C13H19FN2O2/c14-13-2-1-10(5-11(13)6-15)7-16-3-4-18-12(8-16)9-17/h1-2,5,12,17H,3-4,6-9,15H2. The number of rotatable bonds is 4. The summed E-state index contributed by atoms with van der Waals surface area (Å²) >= 11 is 0. The minimum atomic E-state index is -0.253. The first-order chi connectivity index (χ1) is 8.72. The Kier molecular flexibility index (Phi) is 4.66. The molecule has 18 heavy (non-hydrogen) atoms. The van der Waals surface area contributed by atoms with Gasteiger partial charge in [-0.25, -0.2) is 4.39 Å². The number of halogens is 1. The van der Waals surface area contributed by atoms with E-state index in [1.807, 2.05) is 0 Å². The van der Waals surface area contributed by atoms with Gasteiger partial charge in [0.25, 0.3) is 0 Å². The molecule has 0 radical (unpaired) electrons. The van der Waals surface area contributed by atoms with Crippen molar-refractivity contribution >= 4 is 0 Å². The molecule has 0 aliphatic carbocycles. The van der Waals surface area contributed by atoms with Gasteiger partial charge < -0.3 is 15.6 Å². The molecule has 0 saturated carbocycles. The Morgan fingerprint density at radius 1 is 1.50 bits per heavy atom. The zero-order valence-electron chi connectivity index (χ0n) is 10.3. The highest BCUT2D eigenvalue weighted by molar-refractivity contribution is 5.25. The monoisotopic (exact) mass is 254 g/mol. The highest BCUT2D eigenvalue weighted by Gasteiger charge is 2.19. The second-order valence-corrected chi connectivity index (χ2v) is 4.54. The highest BCUT2D eigenvalue weighted by Crippen LogP contribution is 2.14. The fraction of sp³-hybridized carbons (Fsp3) is 0.538. The summed E-state index contributed by atoms with van der Waals surface area (Å²) in [6.07, 6.45) is -0.117. The van der Waals surface area contributed by atoms with E-state index in [-0.39, 0.29) is 25.1 Å². The molecule has 3 N–H and O–H groups in total. The first-order valence-corrected chi connectivity index (χ1v) is 6.15. The molecule has 1 heterocycles. The average molecular weight is 254 g/mol. The number of morpholine rings is 1. The number of nitrogens with zero attached hydrogens (tertiary/aromatic N) is 1. The molecule has 2 rings (SSSR count). The lowest BCUT2D eigenvalue weighted by molar-refractivity contribution is -0.0551. The Hall–Kier alpha value is -1.01. The smallest absolute Gasteiger partial charge is 0.127 e. The van der Waals surface area contributed by atoms with Crippen molar-refractivity contribution in [2.24, 2.45) is 5.73 Å². The van der Waals surface area contributed by atoms with E-state index >= 15 is 0 Å². The maximum absolute atomic E-state index is 13.3. The first-order valence-electron chi connectivity index (χ1n) is 6.15. The molecule has 1 saturated heterocycles. The molecule has 1 unspecified atom stereocenters. The largest absolute Gasteiger partial charge is 0.394 e. The third kappa shape index (κ3) is 3.26.